The molecule has 2 aromatic carbocycles. The molecule has 0 fully saturated rings. The Kier molecular flexibility index (Phi) is 12.3. The maximum absolute atomic E-state index is 12.1. The molecule has 0 bridgehead atoms. The third kappa shape index (κ3) is 10.2. The lowest BCUT2D eigenvalue weighted by Crippen LogP contribution is -1.97. The molecule has 0 radical (unpaired) electrons. The van der Waals surface area contributed by atoms with Crippen LogP contribution in [0.4, 0.5) is 0 Å². The Morgan fingerprint density at radius 1 is 1.11 bits per heavy atom. The first kappa shape index (κ1) is 24.4. The third-order valence-corrected chi connectivity index (χ3v) is 3.05. The van der Waals surface area contributed by atoms with E-state index in [9.17, 15) is 9.90 Å². The number of hydrogen-bond acceptors (Lipinski definition) is 4. The maximum atomic E-state index is 12.1. The fourth-order valence-electron chi connectivity index (χ4n) is 1.92. The Morgan fingerprint density at radius 3 is 2.15 bits per heavy atom. The SMILES string of the molecule is CC.CC(C)O.CCOc1ccc(C(=O)/C=C/c2ccc(C)cc2)c(O)c1. The molecule has 0 aromatic heterocycles. The van der Waals surface area contributed by atoms with E-state index in [2.05, 4.69) is 0 Å². The normalized spacial score (nSPS) is 9.93. The minimum absolute atomic E-state index is 0.0699. The van der Waals surface area contributed by atoms with Crippen molar-refractivity contribution >= 4 is 11.9 Å². The number of aryl methyl sites for hydroxylation is 1. The van der Waals surface area contributed by atoms with Gasteiger partial charge >= 0.3 is 0 Å². The molecule has 2 rings (SSSR count). The highest BCUT2D eigenvalue weighted by Crippen LogP contribution is 2.24. The van der Waals surface area contributed by atoms with E-state index in [-0.39, 0.29) is 23.2 Å². The molecule has 2 N–H and O–H groups in total. The zero-order valence-electron chi connectivity index (χ0n) is 17.2. The number of phenolic OH excluding ortho intramolecular Hbond substituents is 1. The monoisotopic (exact) mass is 372 g/mol. The number of rotatable bonds is 5. The Morgan fingerprint density at radius 2 is 1.67 bits per heavy atom. The number of aliphatic hydroxyl groups excluding tert-OH is 1. The molecule has 0 aliphatic rings. The van der Waals surface area contributed by atoms with Crippen molar-refractivity contribution in [1.82, 2.24) is 0 Å². The highest BCUT2D eigenvalue weighted by Gasteiger charge is 2.09. The topological polar surface area (TPSA) is 66.8 Å². The van der Waals surface area contributed by atoms with Crippen molar-refractivity contribution in [3.63, 3.8) is 0 Å². The summed E-state index contributed by atoms with van der Waals surface area (Å²) in [6.45, 7) is 11.8. The second kappa shape index (κ2) is 13.6. The van der Waals surface area contributed by atoms with Gasteiger partial charge in [0, 0.05) is 12.2 Å². The lowest BCUT2D eigenvalue weighted by molar-refractivity contribution is 0.104. The van der Waals surface area contributed by atoms with Gasteiger partial charge in [0.2, 0.25) is 0 Å². The Labute approximate surface area is 163 Å². The summed E-state index contributed by atoms with van der Waals surface area (Å²) in [5, 5.41) is 17.9. The maximum Gasteiger partial charge on any atom is 0.189 e. The van der Waals surface area contributed by atoms with Gasteiger partial charge in [-0.25, -0.2) is 0 Å². The van der Waals surface area contributed by atoms with E-state index in [0.717, 1.165) is 5.56 Å². The first-order valence-electron chi connectivity index (χ1n) is 9.26. The van der Waals surface area contributed by atoms with Crippen molar-refractivity contribution in [3.8, 4) is 11.5 Å². The number of phenols is 1. The molecule has 0 aliphatic heterocycles. The van der Waals surface area contributed by atoms with E-state index in [4.69, 9.17) is 9.84 Å². The molecule has 148 valence electrons. The van der Waals surface area contributed by atoms with Gasteiger partial charge in [0.05, 0.1) is 12.2 Å². The number of allylic oxidation sites excluding steroid dienone is 1. The van der Waals surface area contributed by atoms with Gasteiger partial charge in [-0.15, -0.1) is 0 Å². The summed E-state index contributed by atoms with van der Waals surface area (Å²) in [5.41, 5.74) is 2.38. The standard InChI is InChI=1S/C18H18O3.C3H8O.C2H6/c1-3-21-15-9-10-16(18(20)12-15)17(19)11-8-14-6-4-13(2)5-7-14;1-3(2)4;1-2/h4-12,20H,3H2,1-2H3;3-4H,1-2H3;1-2H3/b11-8+;;. The van der Waals surface area contributed by atoms with E-state index in [1.54, 1.807) is 32.1 Å². The van der Waals surface area contributed by atoms with Gasteiger partial charge in [-0.3, -0.25) is 4.79 Å². The van der Waals surface area contributed by atoms with Crippen LogP contribution >= 0.6 is 0 Å². The zero-order chi connectivity index (χ0) is 20.8. The fraction of sp³-hybridized carbons (Fsp3) is 0.348. The fourth-order valence-corrected chi connectivity index (χ4v) is 1.92. The molecular formula is C23H32O4. The molecule has 0 unspecified atom stereocenters. The molecule has 0 atom stereocenters. The highest BCUT2D eigenvalue weighted by atomic mass is 16.5. The summed E-state index contributed by atoms with van der Waals surface area (Å²) in [6, 6.07) is 12.6. The van der Waals surface area contributed by atoms with Crippen LogP contribution in [-0.4, -0.2) is 28.7 Å². The average Bonchev–Trinajstić information content (AvgIpc) is 2.63. The predicted molar refractivity (Wildman–Crippen MR) is 113 cm³/mol. The Balaban J connectivity index is 0.000000998. The number of carbonyl (C=O) groups is 1. The molecule has 4 nitrogen and oxygen atoms in total. The van der Waals surface area contributed by atoms with Gasteiger partial charge in [-0.05, 0) is 51.5 Å². The van der Waals surface area contributed by atoms with Gasteiger partial charge in [0.15, 0.2) is 5.78 Å². The van der Waals surface area contributed by atoms with Gasteiger partial charge < -0.3 is 14.9 Å². The Hall–Kier alpha value is -2.59. The van der Waals surface area contributed by atoms with Gasteiger partial charge in [-0.2, -0.15) is 0 Å². The number of ether oxygens (including phenoxy) is 1. The first-order valence-corrected chi connectivity index (χ1v) is 9.26. The van der Waals surface area contributed by atoms with Crippen molar-refractivity contribution in [2.24, 2.45) is 0 Å². The van der Waals surface area contributed by atoms with Crippen molar-refractivity contribution in [2.45, 2.75) is 47.6 Å². The lowest BCUT2D eigenvalue weighted by Gasteiger charge is -2.05. The first-order chi connectivity index (χ1) is 12.8. The van der Waals surface area contributed by atoms with E-state index in [1.807, 2.05) is 52.0 Å². The summed E-state index contributed by atoms with van der Waals surface area (Å²) < 4.78 is 5.27. The summed E-state index contributed by atoms with van der Waals surface area (Å²) in [6.07, 6.45) is 3.03. The van der Waals surface area contributed by atoms with E-state index < -0.39 is 0 Å². The van der Waals surface area contributed by atoms with Crippen LogP contribution in [-0.2, 0) is 0 Å². The number of aliphatic hydroxyl groups is 1. The molecule has 0 saturated heterocycles. The summed E-state index contributed by atoms with van der Waals surface area (Å²) >= 11 is 0. The van der Waals surface area contributed by atoms with Gasteiger partial charge in [-0.1, -0.05) is 49.8 Å². The van der Waals surface area contributed by atoms with Crippen LogP contribution in [0.3, 0.4) is 0 Å². The Bertz CT molecular complexity index is 698. The molecule has 4 heteroatoms. The summed E-state index contributed by atoms with van der Waals surface area (Å²) in [4.78, 5) is 12.1. The number of benzene rings is 2. The van der Waals surface area contributed by atoms with Crippen molar-refractivity contribution in [1.29, 1.82) is 0 Å². The second-order valence-electron chi connectivity index (χ2n) is 5.81. The third-order valence-electron chi connectivity index (χ3n) is 3.05. The highest BCUT2D eigenvalue weighted by molar-refractivity contribution is 6.08. The molecule has 2 aromatic rings. The van der Waals surface area contributed by atoms with Crippen molar-refractivity contribution in [2.75, 3.05) is 6.61 Å². The van der Waals surface area contributed by atoms with Crippen molar-refractivity contribution < 1.29 is 19.7 Å². The van der Waals surface area contributed by atoms with Gasteiger partial charge in [0.25, 0.3) is 0 Å². The van der Waals surface area contributed by atoms with E-state index >= 15 is 0 Å². The molecular weight excluding hydrogens is 340 g/mol. The van der Waals surface area contributed by atoms with Crippen LogP contribution in [0.5, 0.6) is 11.5 Å². The zero-order valence-corrected chi connectivity index (χ0v) is 17.2. The molecule has 0 saturated carbocycles. The summed E-state index contributed by atoms with van der Waals surface area (Å²) in [5.74, 6) is 0.240. The van der Waals surface area contributed by atoms with Crippen LogP contribution in [0.1, 0.15) is 56.1 Å². The molecule has 0 aliphatic carbocycles. The van der Waals surface area contributed by atoms with Crippen LogP contribution in [0.25, 0.3) is 6.08 Å². The largest absolute Gasteiger partial charge is 0.507 e. The van der Waals surface area contributed by atoms with Crippen LogP contribution in [0.15, 0.2) is 48.5 Å². The lowest BCUT2D eigenvalue weighted by atomic mass is 10.1. The predicted octanol–water partition coefficient (Wildman–Crippen LogP) is 5.41. The quantitative estimate of drug-likeness (QED) is 0.544. The summed E-state index contributed by atoms with van der Waals surface area (Å²) in [7, 11) is 0. The second-order valence-corrected chi connectivity index (χ2v) is 5.81. The molecule has 0 heterocycles. The van der Waals surface area contributed by atoms with Crippen LogP contribution < -0.4 is 4.74 Å². The van der Waals surface area contributed by atoms with E-state index in [0.29, 0.717) is 12.4 Å². The molecule has 0 spiro atoms. The number of carbonyl (C=O) groups excluding carboxylic acids is 1. The average molecular weight is 373 g/mol. The number of hydrogen-bond donors (Lipinski definition) is 2. The van der Waals surface area contributed by atoms with Crippen molar-refractivity contribution in [3.05, 3.63) is 65.2 Å². The van der Waals surface area contributed by atoms with Gasteiger partial charge in [0.1, 0.15) is 11.5 Å². The molecule has 27 heavy (non-hydrogen) atoms. The molecule has 0 amide bonds. The van der Waals surface area contributed by atoms with Crippen LogP contribution in [0.2, 0.25) is 0 Å². The smallest absolute Gasteiger partial charge is 0.189 e. The van der Waals surface area contributed by atoms with Crippen LogP contribution in [0, 0.1) is 6.92 Å². The van der Waals surface area contributed by atoms with E-state index in [1.165, 1.54) is 17.7 Å². The number of aromatic hydroxyl groups is 1. The number of ketones is 1. The minimum atomic E-state index is -0.240. The minimum Gasteiger partial charge on any atom is -0.507 e.